The third-order valence-electron chi connectivity index (χ3n) is 1.61. The molecule has 1 aromatic carbocycles. The molecule has 0 N–H and O–H groups in total. The second-order valence-electron chi connectivity index (χ2n) is 2.42. The van der Waals surface area contributed by atoms with Gasteiger partial charge >= 0.3 is 0 Å². The first-order valence-electron chi connectivity index (χ1n) is 3.57. The van der Waals surface area contributed by atoms with Gasteiger partial charge < -0.3 is 9.47 Å². The fraction of sp³-hybridized carbons (Fsp3) is 0.111. The maximum Gasteiger partial charge on any atom is 0.169 e. The summed E-state index contributed by atoms with van der Waals surface area (Å²) in [5, 5.41) is 0. The van der Waals surface area contributed by atoms with Crippen LogP contribution in [0.1, 0.15) is 5.56 Å². The highest BCUT2D eigenvalue weighted by Crippen LogP contribution is 2.31. The largest absolute Gasteiger partial charge is 0.458 e. The van der Waals surface area contributed by atoms with Crippen LogP contribution in [-0.2, 0) is 5.88 Å². The lowest BCUT2D eigenvalue weighted by Gasteiger charge is -2.12. The van der Waals surface area contributed by atoms with E-state index in [1.807, 2.05) is 18.2 Å². The number of hydrogen-bond acceptors (Lipinski definition) is 2. The van der Waals surface area contributed by atoms with Crippen LogP contribution in [0.15, 0.2) is 30.7 Å². The number of fused-ring (bicyclic) bond motifs is 1. The molecule has 2 nitrogen and oxygen atoms in total. The van der Waals surface area contributed by atoms with Crippen LogP contribution >= 0.6 is 11.6 Å². The van der Waals surface area contributed by atoms with Crippen molar-refractivity contribution in [3.63, 3.8) is 0 Å². The van der Waals surface area contributed by atoms with Crippen LogP contribution in [0.3, 0.4) is 0 Å². The number of hydrogen-bond donors (Lipinski definition) is 0. The van der Waals surface area contributed by atoms with Crippen LogP contribution in [0.2, 0.25) is 0 Å². The summed E-state index contributed by atoms with van der Waals surface area (Å²) in [6.45, 7) is 0. The minimum atomic E-state index is 0.486. The van der Waals surface area contributed by atoms with Crippen LogP contribution in [0.25, 0.3) is 0 Å². The summed E-state index contributed by atoms with van der Waals surface area (Å²) in [5.74, 6) is 1.93. The van der Waals surface area contributed by atoms with Crippen LogP contribution in [-0.4, -0.2) is 0 Å². The molecule has 0 aliphatic carbocycles. The van der Waals surface area contributed by atoms with Gasteiger partial charge in [-0.2, -0.15) is 0 Å². The van der Waals surface area contributed by atoms with Crippen molar-refractivity contribution in [2.24, 2.45) is 0 Å². The molecule has 1 aliphatic heterocycles. The summed E-state index contributed by atoms with van der Waals surface area (Å²) in [6.07, 6.45) is 3.00. The summed E-state index contributed by atoms with van der Waals surface area (Å²) < 4.78 is 10.4. The van der Waals surface area contributed by atoms with Crippen molar-refractivity contribution in [3.8, 4) is 11.5 Å². The summed E-state index contributed by atoms with van der Waals surface area (Å²) in [7, 11) is 0. The Balaban J connectivity index is 2.39. The van der Waals surface area contributed by atoms with Crippen molar-refractivity contribution >= 4 is 11.6 Å². The van der Waals surface area contributed by atoms with Gasteiger partial charge in [0.2, 0.25) is 0 Å². The highest BCUT2D eigenvalue weighted by molar-refractivity contribution is 6.17. The summed E-state index contributed by atoms with van der Waals surface area (Å²) in [6, 6.07) is 5.62. The van der Waals surface area contributed by atoms with Crippen molar-refractivity contribution in [1.82, 2.24) is 0 Å². The third kappa shape index (κ3) is 1.25. The lowest BCUT2D eigenvalue weighted by atomic mass is 10.2. The maximum atomic E-state index is 5.66. The Bertz CT molecular complexity index is 320. The number of alkyl halides is 1. The fourth-order valence-corrected chi connectivity index (χ4v) is 1.19. The van der Waals surface area contributed by atoms with Gasteiger partial charge in [0.25, 0.3) is 0 Å². The maximum absolute atomic E-state index is 5.66. The molecule has 0 aromatic heterocycles. The minimum absolute atomic E-state index is 0.486. The molecular weight excluding hydrogens is 176 g/mol. The van der Waals surface area contributed by atoms with Crippen LogP contribution < -0.4 is 9.47 Å². The Labute approximate surface area is 75.4 Å². The number of ether oxygens (including phenoxy) is 2. The van der Waals surface area contributed by atoms with E-state index in [0.717, 1.165) is 17.1 Å². The van der Waals surface area contributed by atoms with Crippen molar-refractivity contribution in [3.05, 3.63) is 36.3 Å². The number of rotatable bonds is 1. The molecule has 1 aliphatic rings. The molecule has 0 amide bonds. The fourth-order valence-electron chi connectivity index (χ4n) is 1.03. The zero-order chi connectivity index (χ0) is 8.39. The predicted molar refractivity (Wildman–Crippen MR) is 46.4 cm³/mol. The first kappa shape index (κ1) is 7.50. The van der Waals surface area contributed by atoms with E-state index in [2.05, 4.69) is 0 Å². The molecule has 0 unspecified atom stereocenters. The molecular formula is C9H7ClO2. The molecule has 0 bridgehead atoms. The number of halogens is 1. The van der Waals surface area contributed by atoms with E-state index >= 15 is 0 Å². The molecule has 1 heterocycles. The monoisotopic (exact) mass is 182 g/mol. The standard InChI is InChI=1S/C9H7ClO2/c10-6-7-1-2-8-9(5-7)12-4-3-11-8/h1-5H,6H2. The second kappa shape index (κ2) is 3.07. The average Bonchev–Trinajstić information content (AvgIpc) is 2.17. The Morgan fingerprint density at radius 3 is 2.58 bits per heavy atom. The Morgan fingerprint density at radius 1 is 1.08 bits per heavy atom. The molecule has 0 spiro atoms. The molecule has 2 rings (SSSR count). The summed E-state index contributed by atoms with van der Waals surface area (Å²) in [5.41, 5.74) is 1.02. The molecule has 62 valence electrons. The number of benzene rings is 1. The van der Waals surface area contributed by atoms with E-state index in [1.165, 1.54) is 12.5 Å². The quantitative estimate of drug-likeness (QED) is 0.622. The topological polar surface area (TPSA) is 18.5 Å². The molecule has 1 aromatic rings. The van der Waals surface area contributed by atoms with Gasteiger partial charge in [0.15, 0.2) is 11.5 Å². The first-order valence-corrected chi connectivity index (χ1v) is 4.11. The normalized spacial score (nSPS) is 13.1. The van der Waals surface area contributed by atoms with Crippen molar-refractivity contribution < 1.29 is 9.47 Å². The van der Waals surface area contributed by atoms with Crippen LogP contribution in [0.4, 0.5) is 0 Å². The van der Waals surface area contributed by atoms with E-state index in [1.54, 1.807) is 0 Å². The Kier molecular flexibility index (Phi) is 1.92. The smallest absolute Gasteiger partial charge is 0.169 e. The predicted octanol–water partition coefficient (Wildman–Crippen LogP) is 2.67. The van der Waals surface area contributed by atoms with E-state index in [-0.39, 0.29) is 0 Å². The van der Waals surface area contributed by atoms with Crippen LogP contribution in [0.5, 0.6) is 11.5 Å². The molecule has 0 fully saturated rings. The molecule has 0 atom stereocenters. The van der Waals surface area contributed by atoms with Crippen molar-refractivity contribution in [2.75, 3.05) is 0 Å². The van der Waals surface area contributed by atoms with Crippen LogP contribution in [0, 0.1) is 0 Å². The van der Waals surface area contributed by atoms with Gasteiger partial charge in [-0.25, -0.2) is 0 Å². The zero-order valence-corrected chi connectivity index (χ0v) is 7.04. The summed E-state index contributed by atoms with van der Waals surface area (Å²) in [4.78, 5) is 0. The van der Waals surface area contributed by atoms with Gasteiger partial charge in [0.05, 0.1) is 0 Å². The minimum Gasteiger partial charge on any atom is -0.458 e. The lowest BCUT2D eigenvalue weighted by molar-refractivity contribution is 0.361. The van der Waals surface area contributed by atoms with Crippen molar-refractivity contribution in [1.29, 1.82) is 0 Å². The molecule has 0 saturated carbocycles. The SMILES string of the molecule is ClCc1ccc2c(c1)OC=CO2. The van der Waals surface area contributed by atoms with E-state index in [0.29, 0.717) is 5.88 Å². The molecule has 12 heavy (non-hydrogen) atoms. The summed E-state index contributed by atoms with van der Waals surface area (Å²) >= 11 is 5.66. The average molecular weight is 183 g/mol. The van der Waals surface area contributed by atoms with Gasteiger partial charge in [-0.05, 0) is 17.7 Å². The van der Waals surface area contributed by atoms with Gasteiger partial charge in [-0.15, -0.1) is 11.6 Å². The lowest BCUT2D eigenvalue weighted by Crippen LogP contribution is -1.96. The van der Waals surface area contributed by atoms with Gasteiger partial charge in [-0.3, -0.25) is 0 Å². The zero-order valence-electron chi connectivity index (χ0n) is 6.29. The Morgan fingerprint density at radius 2 is 1.83 bits per heavy atom. The molecule has 0 radical (unpaired) electrons. The Hall–Kier alpha value is -1.15. The highest BCUT2D eigenvalue weighted by atomic mass is 35.5. The van der Waals surface area contributed by atoms with Gasteiger partial charge in [-0.1, -0.05) is 6.07 Å². The van der Waals surface area contributed by atoms with E-state index in [9.17, 15) is 0 Å². The second-order valence-corrected chi connectivity index (χ2v) is 2.69. The highest BCUT2D eigenvalue weighted by Gasteiger charge is 2.07. The molecule has 0 saturated heterocycles. The third-order valence-corrected chi connectivity index (χ3v) is 1.92. The van der Waals surface area contributed by atoms with Crippen molar-refractivity contribution in [2.45, 2.75) is 5.88 Å². The molecule has 3 heteroatoms. The first-order chi connectivity index (χ1) is 5.90. The van der Waals surface area contributed by atoms with Gasteiger partial charge in [0, 0.05) is 5.88 Å². The van der Waals surface area contributed by atoms with Gasteiger partial charge in [0.1, 0.15) is 12.5 Å². The van der Waals surface area contributed by atoms with E-state index < -0.39 is 0 Å². The van der Waals surface area contributed by atoms with E-state index in [4.69, 9.17) is 21.1 Å².